The first-order valence-electron chi connectivity index (χ1n) is 10.4. The number of benzene rings is 3. The molecule has 0 amide bonds. The molecule has 0 atom stereocenters. The van der Waals surface area contributed by atoms with E-state index < -0.39 is 5.97 Å². The van der Waals surface area contributed by atoms with Crippen LogP contribution in [0.5, 0.6) is 5.75 Å². The molecule has 32 heavy (non-hydrogen) atoms. The van der Waals surface area contributed by atoms with Crippen molar-refractivity contribution in [3.05, 3.63) is 83.9 Å². The van der Waals surface area contributed by atoms with Crippen molar-refractivity contribution in [3.63, 3.8) is 0 Å². The van der Waals surface area contributed by atoms with Gasteiger partial charge in [-0.15, -0.1) is 0 Å². The van der Waals surface area contributed by atoms with Crippen LogP contribution in [0.15, 0.2) is 72.8 Å². The molecule has 1 N–H and O–H groups in total. The number of halogens is 1. The largest absolute Gasteiger partial charge is 1.00 e. The van der Waals surface area contributed by atoms with Crippen molar-refractivity contribution in [3.8, 4) is 5.75 Å². The van der Waals surface area contributed by atoms with Crippen molar-refractivity contribution in [2.24, 2.45) is 0 Å². The van der Waals surface area contributed by atoms with Crippen LogP contribution in [0.1, 0.15) is 35.2 Å². The van der Waals surface area contributed by atoms with E-state index in [4.69, 9.17) is 9.84 Å². The van der Waals surface area contributed by atoms with Crippen molar-refractivity contribution in [1.82, 2.24) is 0 Å². The molecule has 4 aromatic rings. The van der Waals surface area contributed by atoms with Crippen LogP contribution in [0.3, 0.4) is 0 Å². The van der Waals surface area contributed by atoms with Gasteiger partial charge in [-0.3, -0.25) is 4.79 Å². The number of rotatable bonds is 7. The van der Waals surface area contributed by atoms with Gasteiger partial charge in [0.25, 0.3) is 0 Å². The van der Waals surface area contributed by atoms with Crippen LogP contribution in [0, 0.1) is 6.92 Å². The van der Waals surface area contributed by atoms with Crippen LogP contribution >= 0.6 is 0 Å². The number of fused-ring (bicyclic) bond motifs is 2. The second-order valence-corrected chi connectivity index (χ2v) is 7.57. The number of carboxylic acid groups (broad SMARTS) is 1. The van der Waals surface area contributed by atoms with Gasteiger partial charge in [0, 0.05) is 25.0 Å². The van der Waals surface area contributed by atoms with E-state index in [1.807, 2.05) is 73.7 Å². The topological polar surface area (TPSA) is 67.5 Å². The smallest absolute Gasteiger partial charge is 0.345 e. The van der Waals surface area contributed by atoms with Gasteiger partial charge >= 0.3 is 11.9 Å². The number of pyridine rings is 1. The Bertz CT molecular complexity index is 1230. The molecule has 5 nitrogen and oxygen atoms in total. The third kappa shape index (κ3) is 4.81. The first-order chi connectivity index (χ1) is 15.1. The quantitative estimate of drug-likeness (QED) is 0.141. The van der Waals surface area contributed by atoms with Crippen molar-refractivity contribution in [2.75, 3.05) is 0 Å². The van der Waals surface area contributed by atoms with Crippen LogP contribution < -0.4 is 26.3 Å². The molecular formula is C26H24BrNO4. The minimum absolute atomic E-state index is 0. The Labute approximate surface area is 197 Å². The Hall–Kier alpha value is -3.25. The lowest BCUT2D eigenvalue weighted by Crippen LogP contribution is -3.00. The lowest BCUT2D eigenvalue weighted by molar-refractivity contribution is -0.645. The van der Waals surface area contributed by atoms with Gasteiger partial charge in [-0.05, 0) is 37.1 Å². The molecule has 0 bridgehead atoms. The number of carboxylic acids is 1. The van der Waals surface area contributed by atoms with E-state index in [0.717, 1.165) is 33.8 Å². The van der Waals surface area contributed by atoms with Crippen molar-refractivity contribution < 1.29 is 41.0 Å². The zero-order valence-electron chi connectivity index (χ0n) is 17.8. The molecule has 0 spiro atoms. The fourth-order valence-corrected chi connectivity index (χ4v) is 3.94. The predicted molar refractivity (Wildman–Crippen MR) is 119 cm³/mol. The lowest BCUT2D eigenvalue weighted by Gasteiger charge is -2.12. The normalized spacial score (nSPS) is 10.7. The Morgan fingerprint density at radius 1 is 0.844 bits per heavy atom. The fraction of sp³-hybridized carbons (Fsp3) is 0.192. The molecular weight excluding hydrogens is 470 g/mol. The predicted octanol–water partition coefficient (Wildman–Crippen LogP) is 2.07. The molecule has 4 rings (SSSR count). The Kier molecular flexibility index (Phi) is 7.59. The maximum atomic E-state index is 13.3. The molecule has 0 saturated heterocycles. The van der Waals surface area contributed by atoms with Gasteiger partial charge in [-0.1, -0.05) is 42.5 Å². The number of aromatic nitrogens is 1. The van der Waals surface area contributed by atoms with E-state index in [2.05, 4.69) is 4.57 Å². The maximum absolute atomic E-state index is 13.3. The highest BCUT2D eigenvalue weighted by Gasteiger charge is 2.25. The number of para-hydroxylation sites is 3. The molecule has 0 radical (unpaired) electrons. The first-order valence-corrected chi connectivity index (χ1v) is 10.4. The summed E-state index contributed by atoms with van der Waals surface area (Å²) in [7, 11) is 0. The number of aliphatic carboxylic acids is 1. The van der Waals surface area contributed by atoms with Crippen molar-refractivity contribution in [2.45, 2.75) is 32.7 Å². The molecule has 0 aliphatic carbocycles. The van der Waals surface area contributed by atoms with Gasteiger partial charge in [0.15, 0.2) is 0 Å². The van der Waals surface area contributed by atoms with Crippen molar-refractivity contribution in [1.29, 1.82) is 0 Å². The van der Waals surface area contributed by atoms with Crippen LogP contribution in [0.2, 0.25) is 0 Å². The molecule has 0 unspecified atom stereocenters. The summed E-state index contributed by atoms with van der Waals surface area (Å²) in [6.45, 7) is 2.58. The zero-order chi connectivity index (χ0) is 21.8. The Morgan fingerprint density at radius 2 is 1.41 bits per heavy atom. The highest BCUT2D eigenvalue weighted by Crippen LogP contribution is 2.27. The molecule has 6 heteroatoms. The number of carbonyl (C=O) groups excluding carboxylic acids is 1. The number of nitrogens with zero attached hydrogens (tertiary/aromatic N) is 1. The highest BCUT2D eigenvalue weighted by atomic mass is 79.9. The van der Waals surface area contributed by atoms with E-state index in [1.54, 1.807) is 6.07 Å². The molecule has 3 aromatic carbocycles. The summed E-state index contributed by atoms with van der Waals surface area (Å²) in [4.78, 5) is 24.2. The Balaban J connectivity index is 0.00000289. The lowest BCUT2D eigenvalue weighted by atomic mass is 10.0. The van der Waals surface area contributed by atoms with Gasteiger partial charge in [-0.2, -0.15) is 4.57 Å². The summed E-state index contributed by atoms with van der Waals surface area (Å²) >= 11 is 0. The highest BCUT2D eigenvalue weighted by molar-refractivity contribution is 6.13. The summed E-state index contributed by atoms with van der Waals surface area (Å²) in [5.74, 6) is -0.625. The number of esters is 1. The maximum Gasteiger partial charge on any atom is 0.345 e. The molecule has 0 fully saturated rings. The third-order valence-corrected chi connectivity index (χ3v) is 5.45. The second-order valence-electron chi connectivity index (χ2n) is 7.57. The third-order valence-electron chi connectivity index (χ3n) is 5.45. The molecule has 1 aromatic heterocycles. The van der Waals surface area contributed by atoms with Gasteiger partial charge in [-0.25, -0.2) is 4.79 Å². The average molecular weight is 494 g/mol. The monoisotopic (exact) mass is 493 g/mol. The summed E-state index contributed by atoms with van der Waals surface area (Å²) in [6.07, 6.45) is 1.48. The van der Waals surface area contributed by atoms with Crippen LogP contribution in [-0.2, 0) is 11.3 Å². The minimum Gasteiger partial charge on any atom is -1.00 e. The molecule has 0 aliphatic heterocycles. The van der Waals surface area contributed by atoms with Gasteiger partial charge in [0.2, 0.25) is 11.0 Å². The molecule has 0 saturated carbocycles. The van der Waals surface area contributed by atoms with E-state index in [0.29, 0.717) is 24.3 Å². The molecule has 164 valence electrons. The van der Waals surface area contributed by atoms with Crippen molar-refractivity contribution >= 4 is 33.7 Å². The molecule has 0 aliphatic rings. The van der Waals surface area contributed by atoms with E-state index in [1.165, 1.54) is 0 Å². The van der Waals surface area contributed by atoms with Gasteiger partial charge in [0.05, 0.1) is 16.3 Å². The van der Waals surface area contributed by atoms with E-state index in [-0.39, 0.29) is 29.4 Å². The number of aryl methyl sites for hydroxylation is 2. The molecule has 1 heterocycles. The van der Waals surface area contributed by atoms with E-state index >= 15 is 0 Å². The first kappa shape index (κ1) is 23.4. The minimum atomic E-state index is -0.783. The SMILES string of the molecule is Cc1ccccc1OC(=O)c1c2ccccc2[n+](CCCCC(=O)O)c2ccccc12.[Br-]. The van der Waals surface area contributed by atoms with Gasteiger partial charge in [0.1, 0.15) is 12.3 Å². The average Bonchev–Trinajstić information content (AvgIpc) is 2.77. The van der Waals surface area contributed by atoms with E-state index in [9.17, 15) is 9.59 Å². The van der Waals surface area contributed by atoms with Crippen LogP contribution in [0.25, 0.3) is 21.8 Å². The van der Waals surface area contributed by atoms with Gasteiger partial charge < -0.3 is 26.8 Å². The number of carbonyl (C=O) groups is 2. The number of hydrogen-bond donors (Lipinski definition) is 1. The summed E-state index contributed by atoms with van der Waals surface area (Å²) in [5.41, 5.74) is 3.28. The summed E-state index contributed by atoms with van der Waals surface area (Å²) in [6, 6.07) is 23.0. The second kappa shape index (κ2) is 10.4. The number of unbranched alkanes of at least 4 members (excludes halogenated alkanes) is 1. The Morgan fingerprint density at radius 3 is 2.00 bits per heavy atom. The van der Waals surface area contributed by atoms with Crippen LogP contribution in [0.4, 0.5) is 0 Å². The standard InChI is InChI=1S/C26H23NO4.BrH/c1-18-10-2-7-15-23(18)31-26(30)25-19-11-3-5-13-21(19)27(17-9-8-16-24(28)29)22-14-6-4-12-20(22)25;/h2-7,10-15H,8-9,16-17H2,1H3;1H. The number of hydrogen-bond acceptors (Lipinski definition) is 3. The zero-order valence-corrected chi connectivity index (χ0v) is 19.3. The summed E-state index contributed by atoms with van der Waals surface area (Å²) in [5, 5.41) is 10.6. The van der Waals surface area contributed by atoms with Crippen LogP contribution in [-0.4, -0.2) is 17.0 Å². The number of ether oxygens (including phenoxy) is 1. The summed E-state index contributed by atoms with van der Waals surface area (Å²) < 4.78 is 7.96. The fourth-order valence-electron chi connectivity index (χ4n) is 3.94.